The van der Waals surface area contributed by atoms with Gasteiger partial charge in [-0.3, -0.25) is 9.78 Å². The van der Waals surface area contributed by atoms with Gasteiger partial charge >= 0.3 is 0 Å². The first kappa shape index (κ1) is 11.4. The second-order valence-electron chi connectivity index (χ2n) is 3.78. The molecule has 1 rings (SSSR count). The van der Waals surface area contributed by atoms with Crippen LogP contribution in [0.25, 0.3) is 5.57 Å². The summed E-state index contributed by atoms with van der Waals surface area (Å²) in [6.07, 6.45) is 3.56. The molecule has 0 spiro atoms. The van der Waals surface area contributed by atoms with E-state index >= 15 is 0 Å². The first-order chi connectivity index (χ1) is 7.00. The van der Waals surface area contributed by atoms with Crippen molar-refractivity contribution >= 4 is 11.4 Å². The lowest BCUT2D eigenvalue weighted by molar-refractivity contribution is -0.111. The maximum Gasteiger partial charge on any atom is 0.163 e. The van der Waals surface area contributed by atoms with Crippen molar-refractivity contribution in [3.63, 3.8) is 0 Å². The lowest BCUT2D eigenvalue weighted by Gasteiger charge is -2.09. The normalized spacial score (nSPS) is 11.3. The molecule has 1 heterocycles. The van der Waals surface area contributed by atoms with Gasteiger partial charge in [0.15, 0.2) is 5.78 Å². The van der Waals surface area contributed by atoms with Crippen LogP contribution in [0, 0.1) is 6.92 Å². The number of aromatic nitrogens is 1. The number of allylic oxidation sites excluding steroid dienone is 1. The van der Waals surface area contributed by atoms with Gasteiger partial charge in [-0.2, -0.15) is 0 Å². The van der Waals surface area contributed by atoms with Crippen LogP contribution in [0.15, 0.2) is 24.5 Å². The molecule has 1 aromatic heterocycles. The smallest absolute Gasteiger partial charge is 0.163 e. The summed E-state index contributed by atoms with van der Waals surface area (Å²) < 4.78 is 0. The minimum Gasteiger partial charge on any atom is -0.383 e. The first-order valence-corrected chi connectivity index (χ1v) is 4.83. The summed E-state index contributed by atoms with van der Waals surface area (Å²) in [5.74, 6) is 0.0278. The van der Waals surface area contributed by atoms with Gasteiger partial charge < -0.3 is 4.90 Å². The Hall–Kier alpha value is -1.64. The second-order valence-corrected chi connectivity index (χ2v) is 3.78. The Kier molecular flexibility index (Phi) is 3.61. The average Bonchev–Trinajstić information content (AvgIpc) is 2.15. The van der Waals surface area contributed by atoms with E-state index in [0.29, 0.717) is 5.57 Å². The zero-order valence-corrected chi connectivity index (χ0v) is 9.61. The highest BCUT2D eigenvalue weighted by molar-refractivity contribution is 6.18. The molecule has 0 saturated heterocycles. The lowest BCUT2D eigenvalue weighted by atomic mass is 10.1. The third-order valence-corrected chi connectivity index (χ3v) is 1.95. The van der Waals surface area contributed by atoms with Crippen molar-refractivity contribution < 1.29 is 4.79 Å². The number of ketones is 1. The number of nitrogens with zero attached hydrogens (tertiary/aromatic N) is 2. The topological polar surface area (TPSA) is 33.2 Å². The summed E-state index contributed by atoms with van der Waals surface area (Å²) in [5, 5.41) is 0. The third-order valence-electron chi connectivity index (χ3n) is 1.95. The van der Waals surface area contributed by atoms with Crippen molar-refractivity contribution in [3.8, 4) is 0 Å². The maximum atomic E-state index is 11.4. The Morgan fingerprint density at radius 3 is 2.47 bits per heavy atom. The van der Waals surface area contributed by atoms with E-state index in [-0.39, 0.29) is 5.78 Å². The van der Waals surface area contributed by atoms with Crippen LogP contribution in [0.3, 0.4) is 0 Å². The summed E-state index contributed by atoms with van der Waals surface area (Å²) in [5.41, 5.74) is 2.45. The molecule has 0 radical (unpaired) electrons. The van der Waals surface area contributed by atoms with Crippen LogP contribution >= 0.6 is 0 Å². The van der Waals surface area contributed by atoms with E-state index < -0.39 is 0 Å². The van der Waals surface area contributed by atoms with Crippen LogP contribution in [-0.2, 0) is 4.79 Å². The van der Waals surface area contributed by atoms with Gasteiger partial charge in [0.2, 0.25) is 0 Å². The predicted molar refractivity (Wildman–Crippen MR) is 61.3 cm³/mol. The van der Waals surface area contributed by atoms with E-state index in [1.807, 2.05) is 38.1 Å². The van der Waals surface area contributed by atoms with Gasteiger partial charge in [0, 0.05) is 26.5 Å². The minimum atomic E-state index is 0.0278. The van der Waals surface area contributed by atoms with Crippen molar-refractivity contribution in [1.29, 1.82) is 0 Å². The number of aryl methyl sites for hydroxylation is 1. The van der Waals surface area contributed by atoms with E-state index in [1.54, 1.807) is 19.3 Å². The van der Waals surface area contributed by atoms with Crippen LogP contribution in [0.4, 0.5) is 0 Å². The highest BCUT2D eigenvalue weighted by atomic mass is 16.1. The summed E-state index contributed by atoms with van der Waals surface area (Å²) in [6, 6.07) is 3.82. The predicted octanol–water partition coefficient (Wildman–Crippen LogP) is 1.88. The molecule has 0 bridgehead atoms. The summed E-state index contributed by atoms with van der Waals surface area (Å²) >= 11 is 0. The van der Waals surface area contributed by atoms with Crippen molar-refractivity contribution in [3.05, 3.63) is 35.8 Å². The molecule has 0 aliphatic rings. The fraction of sp³-hybridized carbons (Fsp3) is 0.333. The van der Waals surface area contributed by atoms with Gasteiger partial charge in [0.1, 0.15) is 0 Å². The third kappa shape index (κ3) is 3.20. The minimum absolute atomic E-state index is 0.0278. The van der Waals surface area contributed by atoms with Crippen LogP contribution in [-0.4, -0.2) is 29.8 Å². The fourth-order valence-corrected chi connectivity index (χ4v) is 1.22. The second kappa shape index (κ2) is 4.73. The first-order valence-electron chi connectivity index (χ1n) is 4.83. The quantitative estimate of drug-likeness (QED) is 0.705. The number of rotatable bonds is 3. The van der Waals surface area contributed by atoms with Crippen LogP contribution in [0.5, 0.6) is 0 Å². The van der Waals surface area contributed by atoms with Crippen LogP contribution < -0.4 is 0 Å². The van der Waals surface area contributed by atoms with E-state index in [9.17, 15) is 4.79 Å². The summed E-state index contributed by atoms with van der Waals surface area (Å²) in [7, 11) is 3.77. The molecule has 0 atom stereocenters. The summed E-state index contributed by atoms with van der Waals surface area (Å²) in [4.78, 5) is 17.5. The van der Waals surface area contributed by atoms with Crippen LogP contribution in [0.2, 0.25) is 0 Å². The van der Waals surface area contributed by atoms with Crippen molar-refractivity contribution in [2.75, 3.05) is 14.1 Å². The summed E-state index contributed by atoms with van der Waals surface area (Å²) in [6.45, 7) is 3.52. The zero-order valence-electron chi connectivity index (χ0n) is 9.61. The van der Waals surface area contributed by atoms with E-state index in [2.05, 4.69) is 4.98 Å². The molecular formula is C12H16N2O. The maximum absolute atomic E-state index is 11.4. The highest BCUT2D eigenvalue weighted by Crippen LogP contribution is 2.13. The molecule has 0 aromatic carbocycles. The average molecular weight is 204 g/mol. The van der Waals surface area contributed by atoms with E-state index in [0.717, 1.165) is 11.3 Å². The molecule has 3 heteroatoms. The molecule has 0 aliphatic heterocycles. The number of hydrogen-bond donors (Lipinski definition) is 0. The Bertz CT molecular complexity index is 377. The molecule has 15 heavy (non-hydrogen) atoms. The number of hydrogen-bond acceptors (Lipinski definition) is 3. The SMILES string of the molecule is CC(=O)C(=CN(C)C)c1ccc(C)cn1. The molecular weight excluding hydrogens is 188 g/mol. The molecule has 0 saturated carbocycles. The number of carbonyl (C=O) groups excluding carboxylic acids is 1. The highest BCUT2D eigenvalue weighted by Gasteiger charge is 2.08. The van der Waals surface area contributed by atoms with E-state index in [4.69, 9.17) is 0 Å². The van der Waals surface area contributed by atoms with Crippen molar-refractivity contribution in [1.82, 2.24) is 9.88 Å². The molecule has 0 fully saturated rings. The number of carbonyl (C=O) groups is 1. The fourth-order valence-electron chi connectivity index (χ4n) is 1.22. The van der Waals surface area contributed by atoms with Crippen molar-refractivity contribution in [2.45, 2.75) is 13.8 Å². The van der Waals surface area contributed by atoms with Crippen molar-refractivity contribution in [2.24, 2.45) is 0 Å². The standard InChI is InChI=1S/C12H16N2O/c1-9-5-6-12(13-7-9)11(10(2)15)8-14(3)4/h5-8H,1-4H3. The molecule has 1 aromatic rings. The Morgan fingerprint density at radius 2 is 2.07 bits per heavy atom. The van der Waals surface area contributed by atoms with E-state index in [1.165, 1.54) is 0 Å². The largest absolute Gasteiger partial charge is 0.383 e. The number of Topliss-reactive ketones (excluding diaryl/α,β-unsaturated/α-hetero) is 1. The Morgan fingerprint density at radius 1 is 1.40 bits per heavy atom. The van der Waals surface area contributed by atoms with Crippen LogP contribution in [0.1, 0.15) is 18.2 Å². The van der Waals surface area contributed by atoms with Gasteiger partial charge in [0.25, 0.3) is 0 Å². The molecule has 3 nitrogen and oxygen atoms in total. The Balaban J connectivity index is 3.11. The zero-order chi connectivity index (χ0) is 11.4. The molecule has 0 aliphatic carbocycles. The van der Waals surface area contributed by atoms with Gasteiger partial charge in [-0.25, -0.2) is 0 Å². The van der Waals surface area contributed by atoms with Gasteiger partial charge in [-0.1, -0.05) is 6.07 Å². The van der Waals surface area contributed by atoms with Gasteiger partial charge in [-0.05, 0) is 25.5 Å². The molecule has 0 amide bonds. The molecule has 0 N–H and O–H groups in total. The monoisotopic (exact) mass is 204 g/mol. The Labute approximate surface area is 90.4 Å². The van der Waals surface area contributed by atoms with Gasteiger partial charge in [0.05, 0.1) is 11.3 Å². The number of pyridine rings is 1. The van der Waals surface area contributed by atoms with Gasteiger partial charge in [-0.15, -0.1) is 0 Å². The molecule has 80 valence electrons. The molecule has 0 unspecified atom stereocenters. The lowest BCUT2D eigenvalue weighted by Crippen LogP contribution is -2.07.